The number of methoxy groups -OCH3 is 1. The zero-order chi connectivity index (χ0) is 16.5. The normalized spacial score (nSPS) is 11.9. The van der Waals surface area contributed by atoms with Gasteiger partial charge in [-0.2, -0.15) is 8.42 Å². The first kappa shape index (κ1) is 21.7. The Morgan fingerprint density at radius 2 is 1.05 bits per heavy atom. The molecule has 0 atom stereocenters. The molecule has 134 valence electrons. The zero-order valence-corrected chi connectivity index (χ0v) is 14.3. The second-order valence-electron chi connectivity index (χ2n) is 4.22. The molecule has 0 heterocycles. The lowest BCUT2D eigenvalue weighted by Crippen LogP contribution is -2.14. The van der Waals surface area contributed by atoms with Gasteiger partial charge in [-0.15, -0.1) is 0 Å². The van der Waals surface area contributed by atoms with E-state index in [-0.39, 0.29) is 5.75 Å². The van der Waals surface area contributed by atoms with E-state index in [4.69, 9.17) is 23.7 Å². The molecule has 0 aromatic rings. The van der Waals surface area contributed by atoms with E-state index in [1.165, 1.54) is 0 Å². The van der Waals surface area contributed by atoms with Gasteiger partial charge in [-0.05, 0) is 6.42 Å². The molecule has 0 amide bonds. The third kappa shape index (κ3) is 16.1. The van der Waals surface area contributed by atoms with Crippen LogP contribution in [0.2, 0.25) is 0 Å². The lowest BCUT2D eigenvalue weighted by Gasteiger charge is -2.07. The van der Waals surface area contributed by atoms with Gasteiger partial charge in [0.05, 0.1) is 65.7 Å². The van der Waals surface area contributed by atoms with E-state index >= 15 is 0 Å². The highest BCUT2D eigenvalue weighted by Crippen LogP contribution is 1.94. The molecule has 0 aromatic heterocycles. The van der Waals surface area contributed by atoms with E-state index in [0.717, 1.165) is 7.11 Å². The summed E-state index contributed by atoms with van der Waals surface area (Å²) in [5, 5.41) is 0. The first-order chi connectivity index (χ1) is 10.6. The minimum absolute atomic E-state index is 0.0371. The molecule has 0 aliphatic rings. The van der Waals surface area contributed by atoms with Crippen LogP contribution >= 0.6 is 0 Å². The van der Waals surface area contributed by atoms with Crippen molar-refractivity contribution in [3.63, 3.8) is 0 Å². The van der Waals surface area contributed by atoms with Crippen molar-refractivity contribution in [3.05, 3.63) is 0 Å². The van der Waals surface area contributed by atoms with Crippen LogP contribution in [-0.4, -0.2) is 87.9 Å². The summed E-state index contributed by atoms with van der Waals surface area (Å²) in [6.45, 7) is 4.44. The van der Waals surface area contributed by atoms with Crippen molar-refractivity contribution in [3.8, 4) is 0 Å². The molecule has 0 N–H and O–H groups in total. The van der Waals surface area contributed by atoms with Gasteiger partial charge >= 0.3 is 0 Å². The third-order valence-electron chi connectivity index (χ3n) is 2.48. The van der Waals surface area contributed by atoms with Crippen molar-refractivity contribution in [2.75, 3.05) is 79.4 Å². The molecule has 0 spiro atoms. The predicted octanol–water partition coefficient (Wildman–Crippen LogP) is 0.0655. The average molecular weight is 344 g/mol. The topological polar surface area (TPSA) is 89.5 Å². The lowest BCUT2D eigenvalue weighted by atomic mass is 10.5. The van der Waals surface area contributed by atoms with Gasteiger partial charge in [-0.1, -0.05) is 0 Å². The van der Waals surface area contributed by atoms with Gasteiger partial charge in [0.1, 0.15) is 0 Å². The van der Waals surface area contributed by atoms with E-state index in [9.17, 15) is 8.42 Å². The Labute approximate surface area is 133 Å². The molecule has 0 unspecified atom stereocenters. The summed E-state index contributed by atoms with van der Waals surface area (Å²) in [5.74, 6) is -0.0371. The molecule has 8 nitrogen and oxygen atoms in total. The molecule has 0 radical (unpaired) electrons. The molecule has 0 fully saturated rings. The highest BCUT2D eigenvalue weighted by atomic mass is 32.2. The summed E-state index contributed by atoms with van der Waals surface area (Å²) in [7, 11) is -0.604. The van der Waals surface area contributed by atoms with E-state index in [0.29, 0.717) is 65.9 Å². The maximum atomic E-state index is 11.0. The molecule has 0 rings (SSSR count). The first-order valence-corrected chi connectivity index (χ1v) is 8.78. The lowest BCUT2D eigenvalue weighted by molar-refractivity contribution is -0.00767. The minimum Gasteiger partial charge on any atom is -0.382 e. The SMILES string of the molecule is COCCOCCOCCOCCOCCCS(=O)(=O)OC. The molecule has 0 aliphatic carbocycles. The van der Waals surface area contributed by atoms with Crippen LogP contribution in [-0.2, 0) is 38.0 Å². The highest BCUT2D eigenvalue weighted by Gasteiger charge is 2.07. The Morgan fingerprint density at radius 1 is 0.636 bits per heavy atom. The molecular weight excluding hydrogens is 316 g/mol. The molecule has 0 bridgehead atoms. The van der Waals surface area contributed by atoms with Crippen LogP contribution in [0.3, 0.4) is 0 Å². The van der Waals surface area contributed by atoms with Gasteiger partial charge in [0.25, 0.3) is 10.1 Å². The van der Waals surface area contributed by atoms with Crippen LogP contribution in [0.15, 0.2) is 0 Å². The number of ether oxygens (including phenoxy) is 5. The number of rotatable bonds is 17. The van der Waals surface area contributed by atoms with Crippen LogP contribution in [0.1, 0.15) is 6.42 Å². The van der Waals surface area contributed by atoms with E-state index in [1.54, 1.807) is 7.11 Å². The van der Waals surface area contributed by atoms with Gasteiger partial charge in [0.2, 0.25) is 0 Å². The summed E-state index contributed by atoms with van der Waals surface area (Å²) in [5.41, 5.74) is 0. The Balaban J connectivity index is 3.09. The van der Waals surface area contributed by atoms with Crippen LogP contribution in [0.25, 0.3) is 0 Å². The Morgan fingerprint density at radius 3 is 1.45 bits per heavy atom. The minimum atomic E-state index is -3.38. The van der Waals surface area contributed by atoms with Crippen LogP contribution in [0.5, 0.6) is 0 Å². The maximum absolute atomic E-state index is 11.0. The molecule has 0 saturated carbocycles. The monoisotopic (exact) mass is 344 g/mol. The summed E-state index contributed by atoms with van der Waals surface area (Å²) in [4.78, 5) is 0. The first-order valence-electron chi connectivity index (χ1n) is 7.20. The van der Waals surface area contributed by atoms with Gasteiger partial charge < -0.3 is 23.7 Å². The van der Waals surface area contributed by atoms with Crippen LogP contribution in [0.4, 0.5) is 0 Å². The quantitative estimate of drug-likeness (QED) is 0.270. The van der Waals surface area contributed by atoms with Crippen molar-refractivity contribution < 1.29 is 36.3 Å². The Hall–Kier alpha value is -0.290. The van der Waals surface area contributed by atoms with Gasteiger partial charge in [-0.25, -0.2) is 0 Å². The second kappa shape index (κ2) is 15.6. The summed E-state index contributed by atoms with van der Waals surface area (Å²) in [6.07, 6.45) is 0.405. The molecule has 9 heteroatoms. The number of hydrogen-bond donors (Lipinski definition) is 0. The fourth-order valence-corrected chi connectivity index (χ4v) is 1.96. The molecule has 0 saturated heterocycles. The van der Waals surface area contributed by atoms with Gasteiger partial charge in [0.15, 0.2) is 0 Å². The molecule has 0 aromatic carbocycles. The van der Waals surface area contributed by atoms with E-state index in [2.05, 4.69) is 4.18 Å². The van der Waals surface area contributed by atoms with E-state index < -0.39 is 10.1 Å². The van der Waals surface area contributed by atoms with Crippen molar-refractivity contribution in [1.82, 2.24) is 0 Å². The standard InChI is InChI=1S/C13H28O8S/c1-16-5-6-19-9-10-21-12-11-20-8-7-18-4-3-13-22(14,15)17-2/h3-13H2,1-2H3. The van der Waals surface area contributed by atoms with Crippen molar-refractivity contribution in [2.24, 2.45) is 0 Å². The number of hydrogen-bond acceptors (Lipinski definition) is 8. The molecular formula is C13H28O8S. The third-order valence-corrected chi connectivity index (χ3v) is 3.78. The summed E-state index contributed by atoms with van der Waals surface area (Å²) < 4.78 is 52.2. The zero-order valence-electron chi connectivity index (χ0n) is 13.5. The smallest absolute Gasteiger partial charge is 0.267 e. The Bertz CT molecular complexity index is 320. The average Bonchev–Trinajstić information content (AvgIpc) is 2.51. The second-order valence-corrected chi connectivity index (χ2v) is 6.08. The predicted molar refractivity (Wildman–Crippen MR) is 80.6 cm³/mol. The van der Waals surface area contributed by atoms with E-state index in [1.807, 2.05) is 0 Å². The summed E-state index contributed by atoms with van der Waals surface area (Å²) >= 11 is 0. The highest BCUT2D eigenvalue weighted by molar-refractivity contribution is 7.86. The van der Waals surface area contributed by atoms with Gasteiger partial charge in [0, 0.05) is 13.7 Å². The molecule has 22 heavy (non-hydrogen) atoms. The maximum Gasteiger partial charge on any atom is 0.267 e. The van der Waals surface area contributed by atoms with Gasteiger partial charge in [-0.3, -0.25) is 4.18 Å². The molecule has 0 aliphatic heterocycles. The van der Waals surface area contributed by atoms with Crippen molar-refractivity contribution in [1.29, 1.82) is 0 Å². The Kier molecular flexibility index (Phi) is 15.4. The summed E-state index contributed by atoms with van der Waals surface area (Å²) in [6, 6.07) is 0. The fraction of sp³-hybridized carbons (Fsp3) is 1.00. The van der Waals surface area contributed by atoms with Crippen LogP contribution < -0.4 is 0 Å². The van der Waals surface area contributed by atoms with Crippen LogP contribution in [0, 0.1) is 0 Å². The largest absolute Gasteiger partial charge is 0.382 e. The van der Waals surface area contributed by atoms with Crippen molar-refractivity contribution in [2.45, 2.75) is 6.42 Å². The van der Waals surface area contributed by atoms with Crippen molar-refractivity contribution >= 4 is 10.1 Å². The fourth-order valence-electron chi connectivity index (χ4n) is 1.33.